The number of rotatable bonds is 3. The molecule has 98 valence electrons. The van der Waals surface area contributed by atoms with Gasteiger partial charge in [-0.25, -0.2) is 0 Å². The summed E-state index contributed by atoms with van der Waals surface area (Å²) in [6, 6.07) is 1.79. The fourth-order valence-corrected chi connectivity index (χ4v) is 4.86. The number of carbonyl (C=O) groups is 2. The van der Waals surface area contributed by atoms with E-state index in [0.717, 1.165) is 14.0 Å². The van der Waals surface area contributed by atoms with Gasteiger partial charge in [-0.3, -0.25) is 9.59 Å². The van der Waals surface area contributed by atoms with E-state index in [0.29, 0.717) is 18.7 Å². The highest BCUT2D eigenvalue weighted by Gasteiger charge is 2.29. The fraction of sp³-hybridized carbons (Fsp3) is 0.455. The van der Waals surface area contributed by atoms with Gasteiger partial charge in [0, 0.05) is 19.5 Å². The van der Waals surface area contributed by atoms with E-state index in [1.807, 2.05) is 0 Å². The lowest BCUT2D eigenvalue weighted by Gasteiger charge is -2.15. The number of carboxylic acids is 1. The Balaban J connectivity index is 2.03. The number of thiophene rings is 1. The van der Waals surface area contributed by atoms with Crippen LogP contribution in [0.1, 0.15) is 23.2 Å². The zero-order valence-corrected chi connectivity index (χ0v) is 13.3. The van der Waals surface area contributed by atoms with Crippen LogP contribution in [-0.4, -0.2) is 35.0 Å². The lowest BCUT2D eigenvalue weighted by atomic mass is 10.1. The van der Waals surface area contributed by atoms with Gasteiger partial charge in [-0.05, 0) is 50.3 Å². The molecule has 0 aromatic carbocycles. The Labute approximate surface area is 125 Å². The predicted molar refractivity (Wildman–Crippen MR) is 76.0 cm³/mol. The Bertz CT molecular complexity index is 489. The minimum Gasteiger partial charge on any atom is -0.481 e. The fourth-order valence-electron chi connectivity index (χ4n) is 2.09. The molecule has 1 aliphatic rings. The van der Waals surface area contributed by atoms with Gasteiger partial charge in [-0.2, -0.15) is 0 Å². The van der Waals surface area contributed by atoms with Crippen molar-refractivity contribution in [2.24, 2.45) is 5.92 Å². The number of hydrogen-bond acceptors (Lipinski definition) is 3. The van der Waals surface area contributed by atoms with Crippen molar-refractivity contribution >= 4 is 55.1 Å². The van der Waals surface area contributed by atoms with E-state index in [-0.39, 0.29) is 18.2 Å². The van der Waals surface area contributed by atoms with Crippen LogP contribution in [0, 0.1) is 5.92 Å². The van der Waals surface area contributed by atoms with Gasteiger partial charge in [-0.15, -0.1) is 11.3 Å². The van der Waals surface area contributed by atoms with Gasteiger partial charge in [-0.1, -0.05) is 0 Å². The smallest absolute Gasteiger partial charge is 0.303 e. The molecular weight excluding hydrogens is 386 g/mol. The van der Waals surface area contributed by atoms with Crippen molar-refractivity contribution in [2.75, 3.05) is 13.1 Å². The highest BCUT2D eigenvalue weighted by molar-refractivity contribution is 9.12. The monoisotopic (exact) mass is 395 g/mol. The van der Waals surface area contributed by atoms with Crippen molar-refractivity contribution in [2.45, 2.75) is 12.8 Å². The summed E-state index contributed by atoms with van der Waals surface area (Å²) in [5.41, 5.74) is 0.642. The maximum Gasteiger partial charge on any atom is 0.303 e. The molecule has 2 heterocycles. The summed E-state index contributed by atoms with van der Waals surface area (Å²) in [7, 11) is 0. The van der Waals surface area contributed by atoms with Crippen molar-refractivity contribution in [1.29, 1.82) is 0 Å². The molecule has 1 aromatic heterocycles. The minimum atomic E-state index is -0.797. The number of carbonyl (C=O) groups excluding carboxylic acids is 1. The van der Waals surface area contributed by atoms with Crippen molar-refractivity contribution in [1.82, 2.24) is 4.90 Å². The average Bonchev–Trinajstić information content (AvgIpc) is 2.84. The summed E-state index contributed by atoms with van der Waals surface area (Å²) >= 11 is 8.17. The van der Waals surface area contributed by atoms with E-state index < -0.39 is 5.97 Å². The van der Waals surface area contributed by atoms with Crippen molar-refractivity contribution in [3.63, 3.8) is 0 Å². The molecule has 1 saturated heterocycles. The summed E-state index contributed by atoms with van der Waals surface area (Å²) in [6.07, 6.45) is 0.902. The number of carboxylic acid groups (broad SMARTS) is 1. The van der Waals surface area contributed by atoms with Gasteiger partial charge in [0.25, 0.3) is 5.91 Å². The minimum absolute atomic E-state index is 0.0308. The first kappa shape index (κ1) is 14.0. The third-order valence-corrected chi connectivity index (χ3v) is 5.26. The zero-order chi connectivity index (χ0) is 13.3. The van der Waals surface area contributed by atoms with E-state index in [1.54, 1.807) is 11.0 Å². The number of amides is 1. The molecule has 1 amide bonds. The molecule has 18 heavy (non-hydrogen) atoms. The quantitative estimate of drug-likeness (QED) is 0.853. The molecule has 1 fully saturated rings. The van der Waals surface area contributed by atoms with Gasteiger partial charge in [0.1, 0.15) is 0 Å². The molecule has 1 N–H and O–H groups in total. The van der Waals surface area contributed by atoms with Crippen LogP contribution in [0.2, 0.25) is 0 Å². The summed E-state index contributed by atoms with van der Waals surface area (Å²) in [5, 5.41) is 8.75. The first-order valence-corrected chi connectivity index (χ1v) is 7.83. The molecule has 0 bridgehead atoms. The van der Waals surface area contributed by atoms with E-state index in [1.165, 1.54) is 11.3 Å². The molecule has 1 aromatic rings. The van der Waals surface area contributed by atoms with Crippen LogP contribution in [0.5, 0.6) is 0 Å². The molecule has 0 radical (unpaired) electrons. The van der Waals surface area contributed by atoms with Gasteiger partial charge >= 0.3 is 5.97 Å². The van der Waals surface area contributed by atoms with Crippen LogP contribution in [0.15, 0.2) is 13.6 Å². The molecule has 1 unspecified atom stereocenters. The highest BCUT2D eigenvalue weighted by atomic mass is 79.9. The van der Waals surface area contributed by atoms with Gasteiger partial charge in [0.2, 0.25) is 0 Å². The van der Waals surface area contributed by atoms with Gasteiger partial charge in [0.05, 0.1) is 13.1 Å². The molecule has 4 nitrogen and oxygen atoms in total. The first-order chi connectivity index (χ1) is 8.47. The lowest BCUT2D eigenvalue weighted by molar-refractivity contribution is -0.138. The first-order valence-electron chi connectivity index (χ1n) is 5.43. The Morgan fingerprint density at radius 2 is 2.22 bits per heavy atom. The normalized spacial score (nSPS) is 19.2. The van der Waals surface area contributed by atoms with Crippen molar-refractivity contribution in [3.05, 3.63) is 19.2 Å². The number of halogens is 2. The summed E-state index contributed by atoms with van der Waals surface area (Å²) in [5.74, 6) is -0.752. The lowest BCUT2D eigenvalue weighted by Crippen LogP contribution is -2.28. The van der Waals surface area contributed by atoms with Crippen molar-refractivity contribution in [3.8, 4) is 0 Å². The molecule has 0 spiro atoms. The summed E-state index contributed by atoms with van der Waals surface area (Å²) < 4.78 is 1.71. The topological polar surface area (TPSA) is 57.6 Å². The number of likely N-dealkylation sites (tertiary alicyclic amines) is 1. The van der Waals surface area contributed by atoms with Crippen LogP contribution in [0.3, 0.4) is 0 Å². The summed E-state index contributed by atoms with van der Waals surface area (Å²) in [6.45, 7) is 1.17. The van der Waals surface area contributed by atoms with Crippen LogP contribution >= 0.6 is 43.2 Å². The standard InChI is InChI=1S/C11H11Br2NO3S/c12-8-4-7(10(13)18-8)11(17)14-2-1-6(5-14)3-9(15)16/h4,6H,1-3,5H2,(H,15,16). The Hall–Kier alpha value is -0.400. The number of hydrogen-bond donors (Lipinski definition) is 1. The highest BCUT2D eigenvalue weighted by Crippen LogP contribution is 2.33. The van der Waals surface area contributed by atoms with E-state index >= 15 is 0 Å². The predicted octanol–water partition coefficient (Wildman–Crippen LogP) is 3.21. The second kappa shape index (κ2) is 5.71. The maximum atomic E-state index is 12.2. The second-order valence-corrected chi connectivity index (χ2v) is 7.99. The Morgan fingerprint density at radius 3 is 2.78 bits per heavy atom. The molecule has 0 aliphatic carbocycles. The number of nitrogens with zero attached hydrogens (tertiary/aromatic N) is 1. The molecule has 1 atom stereocenters. The van der Waals surface area contributed by atoms with Crippen molar-refractivity contribution < 1.29 is 14.7 Å². The van der Waals surface area contributed by atoms with E-state index in [4.69, 9.17) is 5.11 Å². The largest absolute Gasteiger partial charge is 0.481 e. The van der Waals surface area contributed by atoms with Crippen LogP contribution < -0.4 is 0 Å². The molecule has 0 saturated carbocycles. The Kier molecular flexibility index (Phi) is 4.45. The zero-order valence-electron chi connectivity index (χ0n) is 9.36. The van der Waals surface area contributed by atoms with Crippen LogP contribution in [-0.2, 0) is 4.79 Å². The maximum absolute atomic E-state index is 12.2. The average molecular weight is 397 g/mol. The number of aliphatic carboxylic acids is 1. The Morgan fingerprint density at radius 1 is 1.50 bits per heavy atom. The third kappa shape index (κ3) is 3.13. The van der Waals surface area contributed by atoms with Gasteiger partial charge < -0.3 is 10.0 Å². The molecule has 1 aliphatic heterocycles. The molecular formula is C11H11Br2NO3S. The van der Waals surface area contributed by atoms with Crippen LogP contribution in [0.25, 0.3) is 0 Å². The SMILES string of the molecule is O=C(O)CC1CCN(C(=O)c2cc(Br)sc2Br)C1. The summed E-state index contributed by atoms with van der Waals surface area (Å²) in [4.78, 5) is 24.6. The van der Waals surface area contributed by atoms with E-state index in [9.17, 15) is 9.59 Å². The molecule has 7 heteroatoms. The van der Waals surface area contributed by atoms with Gasteiger partial charge in [0.15, 0.2) is 0 Å². The second-order valence-electron chi connectivity index (χ2n) is 4.24. The third-order valence-electron chi connectivity index (χ3n) is 2.92. The van der Waals surface area contributed by atoms with E-state index in [2.05, 4.69) is 31.9 Å². The molecule has 2 rings (SSSR count). The van der Waals surface area contributed by atoms with Crippen LogP contribution in [0.4, 0.5) is 0 Å².